The lowest BCUT2D eigenvalue weighted by molar-refractivity contribution is 0.614. The minimum atomic E-state index is 0.135. The summed E-state index contributed by atoms with van der Waals surface area (Å²) >= 11 is 0. The maximum atomic E-state index is 9.46. The van der Waals surface area contributed by atoms with Gasteiger partial charge in [-0.05, 0) is 60.7 Å². The maximum Gasteiger partial charge on any atom is 0.0991 e. The number of allylic oxidation sites excluding steroid dienone is 5. The van der Waals surface area contributed by atoms with Gasteiger partial charge in [-0.1, -0.05) is 115 Å². The summed E-state index contributed by atoms with van der Waals surface area (Å²) in [5, 5.41) is 13.3. The van der Waals surface area contributed by atoms with Crippen LogP contribution in [-0.4, -0.2) is 9.13 Å². The summed E-state index contributed by atoms with van der Waals surface area (Å²) in [4.78, 5) is 0. The van der Waals surface area contributed by atoms with Crippen LogP contribution in [0.4, 0.5) is 0 Å². The van der Waals surface area contributed by atoms with Crippen LogP contribution in [0.5, 0.6) is 0 Å². The molecule has 0 radical (unpaired) electrons. The summed E-state index contributed by atoms with van der Waals surface area (Å²) in [6.45, 7) is 0. The van der Waals surface area contributed by atoms with Gasteiger partial charge < -0.3 is 9.13 Å². The van der Waals surface area contributed by atoms with Gasteiger partial charge in [0.15, 0.2) is 0 Å². The van der Waals surface area contributed by atoms with E-state index in [-0.39, 0.29) is 6.04 Å². The summed E-state index contributed by atoms with van der Waals surface area (Å²) in [5.41, 5.74) is 13.3. The van der Waals surface area contributed by atoms with Crippen LogP contribution < -0.4 is 0 Å². The van der Waals surface area contributed by atoms with Gasteiger partial charge in [-0.2, -0.15) is 5.26 Å². The molecule has 9 rings (SSSR count). The quantitative estimate of drug-likeness (QED) is 0.201. The maximum absolute atomic E-state index is 9.46. The van der Waals surface area contributed by atoms with Gasteiger partial charge in [0.1, 0.15) is 0 Å². The molecule has 46 heavy (non-hydrogen) atoms. The molecule has 0 saturated heterocycles. The van der Waals surface area contributed by atoms with Crippen molar-refractivity contribution in [2.24, 2.45) is 0 Å². The summed E-state index contributed by atoms with van der Waals surface area (Å²) in [5.74, 6) is 0. The zero-order valence-electron chi connectivity index (χ0n) is 25.4. The molecule has 0 fully saturated rings. The molecule has 0 amide bonds. The fourth-order valence-corrected chi connectivity index (χ4v) is 7.83. The zero-order chi connectivity index (χ0) is 30.6. The van der Waals surface area contributed by atoms with Crippen molar-refractivity contribution in [2.75, 3.05) is 0 Å². The number of para-hydroxylation sites is 4. The van der Waals surface area contributed by atoms with E-state index in [1.54, 1.807) is 0 Å². The second-order valence-electron chi connectivity index (χ2n) is 12.3. The lowest BCUT2D eigenvalue weighted by Crippen LogP contribution is -2.16. The van der Waals surface area contributed by atoms with Crippen molar-refractivity contribution in [1.82, 2.24) is 9.13 Å². The van der Waals surface area contributed by atoms with Crippen LogP contribution in [0.2, 0.25) is 0 Å². The molecule has 3 heteroatoms. The minimum absolute atomic E-state index is 0.135. The Morgan fingerprint density at radius 3 is 2.24 bits per heavy atom. The van der Waals surface area contributed by atoms with Crippen LogP contribution in [-0.2, 0) is 6.42 Å². The third kappa shape index (κ3) is 3.97. The number of benzene rings is 5. The molecule has 0 aliphatic heterocycles. The molecule has 5 aromatic carbocycles. The van der Waals surface area contributed by atoms with Crippen molar-refractivity contribution in [3.05, 3.63) is 162 Å². The van der Waals surface area contributed by atoms with Crippen molar-refractivity contribution in [3.8, 4) is 22.9 Å². The lowest BCUT2D eigenvalue weighted by Gasteiger charge is -2.28. The highest BCUT2D eigenvalue weighted by atomic mass is 15.0. The van der Waals surface area contributed by atoms with Crippen molar-refractivity contribution >= 4 is 44.4 Å². The normalized spacial score (nSPS) is 15.7. The van der Waals surface area contributed by atoms with Crippen molar-refractivity contribution in [1.29, 1.82) is 5.26 Å². The second kappa shape index (κ2) is 10.6. The molecule has 2 aliphatic carbocycles. The van der Waals surface area contributed by atoms with E-state index in [0.717, 1.165) is 24.9 Å². The Hall–Kier alpha value is -5.85. The highest BCUT2D eigenvalue weighted by Crippen LogP contribution is 2.46. The summed E-state index contributed by atoms with van der Waals surface area (Å²) < 4.78 is 5.10. The fraction of sp³-hybridized carbons (Fsp3) is 0.0930. The third-order valence-electron chi connectivity index (χ3n) is 9.79. The van der Waals surface area contributed by atoms with E-state index >= 15 is 0 Å². The summed E-state index contributed by atoms with van der Waals surface area (Å²) in [7, 11) is 0. The van der Waals surface area contributed by atoms with Gasteiger partial charge in [0.05, 0.1) is 34.2 Å². The molecular weight excluding hydrogens is 558 g/mol. The van der Waals surface area contributed by atoms with E-state index < -0.39 is 0 Å². The van der Waals surface area contributed by atoms with E-state index in [9.17, 15) is 5.26 Å². The first-order valence-corrected chi connectivity index (χ1v) is 16.1. The van der Waals surface area contributed by atoms with Crippen molar-refractivity contribution in [3.63, 3.8) is 0 Å². The minimum Gasteiger partial charge on any atom is -0.336 e. The molecule has 0 bridgehead atoms. The number of rotatable bonds is 4. The van der Waals surface area contributed by atoms with Gasteiger partial charge in [-0.25, -0.2) is 0 Å². The van der Waals surface area contributed by atoms with Crippen LogP contribution in [0, 0.1) is 11.3 Å². The molecule has 2 aromatic heterocycles. The first kappa shape index (κ1) is 26.5. The smallest absolute Gasteiger partial charge is 0.0991 e. The molecule has 0 N–H and O–H groups in total. The third-order valence-corrected chi connectivity index (χ3v) is 9.79. The van der Waals surface area contributed by atoms with E-state index in [0.29, 0.717) is 5.56 Å². The summed E-state index contributed by atoms with van der Waals surface area (Å²) in [6.07, 6.45) is 14.4. The zero-order valence-corrected chi connectivity index (χ0v) is 25.4. The Kier molecular flexibility index (Phi) is 6.14. The van der Waals surface area contributed by atoms with Crippen LogP contribution in [0.25, 0.3) is 61.2 Å². The van der Waals surface area contributed by atoms with Gasteiger partial charge in [-0.15, -0.1) is 0 Å². The Morgan fingerprint density at radius 2 is 1.41 bits per heavy atom. The van der Waals surface area contributed by atoms with Crippen LogP contribution in [0.3, 0.4) is 0 Å². The predicted octanol–water partition coefficient (Wildman–Crippen LogP) is 10.8. The van der Waals surface area contributed by atoms with Gasteiger partial charge in [0.2, 0.25) is 0 Å². The van der Waals surface area contributed by atoms with Gasteiger partial charge in [-0.3, -0.25) is 0 Å². The largest absolute Gasteiger partial charge is 0.336 e. The predicted molar refractivity (Wildman–Crippen MR) is 191 cm³/mol. The average molecular weight is 590 g/mol. The molecule has 0 spiro atoms. The number of fused-ring (bicyclic) bond motifs is 6. The number of aromatic nitrogens is 2. The van der Waals surface area contributed by atoms with Crippen LogP contribution >= 0.6 is 0 Å². The summed E-state index contributed by atoms with van der Waals surface area (Å²) in [6, 6.07) is 43.7. The Morgan fingerprint density at radius 1 is 0.674 bits per heavy atom. The highest BCUT2D eigenvalue weighted by Gasteiger charge is 2.29. The SMILES string of the molecule is N#Cc1ccc(C2=CC=CCC2n2c3c(c4cccc(-c5cccc6c7ccccc7n(-c7ccccc7)c56)c42)C=CCC3)cc1. The number of nitriles is 1. The molecule has 1 unspecified atom stereocenters. The molecule has 218 valence electrons. The van der Waals surface area contributed by atoms with E-state index in [4.69, 9.17) is 0 Å². The first-order valence-electron chi connectivity index (χ1n) is 16.1. The van der Waals surface area contributed by atoms with Crippen molar-refractivity contribution in [2.45, 2.75) is 25.3 Å². The first-order chi connectivity index (χ1) is 22.8. The fourth-order valence-electron chi connectivity index (χ4n) is 7.83. The van der Waals surface area contributed by atoms with Crippen molar-refractivity contribution < 1.29 is 0 Å². The average Bonchev–Trinajstić information content (AvgIpc) is 3.65. The van der Waals surface area contributed by atoms with Crippen LogP contribution in [0.1, 0.15) is 41.3 Å². The van der Waals surface area contributed by atoms with Crippen LogP contribution in [0.15, 0.2) is 140 Å². The molecule has 3 nitrogen and oxygen atoms in total. The van der Waals surface area contributed by atoms with Gasteiger partial charge in [0, 0.05) is 44.2 Å². The van der Waals surface area contributed by atoms with E-state index in [1.165, 1.54) is 66.2 Å². The topological polar surface area (TPSA) is 33.6 Å². The standard InChI is InChI=1S/C43H31N3/c44-28-29-24-26-30(27-25-29)32-14-4-7-21-39(32)46-41-23-9-6-16-34(41)36-18-11-20-38(43(36)46)37-19-10-17-35-33-15-5-8-22-40(33)45(42(35)37)31-12-2-1-3-13-31/h1-8,10-20,22,24-27,39H,9,21,23H2. The van der Waals surface area contributed by atoms with Gasteiger partial charge in [0.25, 0.3) is 0 Å². The lowest BCUT2D eigenvalue weighted by atomic mass is 9.91. The van der Waals surface area contributed by atoms with E-state index in [1.807, 2.05) is 12.1 Å². The van der Waals surface area contributed by atoms with E-state index in [2.05, 4.69) is 149 Å². The number of hydrogen-bond acceptors (Lipinski definition) is 1. The van der Waals surface area contributed by atoms with Gasteiger partial charge >= 0.3 is 0 Å². The Balaban J connectivity index is 1.36. The second-order valence-corrected chi connectivity index (χ2v) is 12.3. The highest BCUT2D eigenvalue weighted by molar-refractivity contribution is 6.16. The monoisotopic (exact) mass is 589 g/mol. The number of nitrogens with zero attached hydrogens (tertiary/aromatic N) is 3. The Bertz CT molecular complexity index is 2440. The molecule has 2 heterocycles. The molecule has 0 saturated carbocycles. The molecular formula is C43H31N3. The molecule has 1 atom stereocenters. The Labute approximate surface area is 268 Å². The molecule has 7 aromatic rings. The number of hydrogen-bond donors (Lipinski definition) is 0. The molecule has 2 aliphatic rings.